The largest absolute Gasteiger partial charge is 0.322 e. The Labute approximate surface area is 149 Å². The zero-order chi connectivity index (χ0) is 18.5. The van der Waals surface area contributed by atoms with Gasteiger partial charge in [0.25, 0.3) is 11.8 Å². The van der Waals surface area contributed by atoms with Gasteiger partial charge in [-0.2, -0.15) is 0 Å². The van der Waals surface area contributed by atoms with Crippen LogP contribution in [-0.4, -0.2) is 16.8 Å². The van der Waals surface area contributed by atoms with Gasteiger partial charge in [0.05, 0.1) is 0 Å². The van der Waals surface area contributed by atoms with E-state index in [2.05, 4.69) is 15.6 Å². The highest BCUT2D eigenvalue weighted by Crippen LogP contribution is 2.13. The van der Waals surface area contributed by atoms with Crippen LogP contribution in [0.2, 0.25) is 0 Å². The summed E-state index contributed by atoms with van der Waals surface area (Å²) in [5.41, 5.74) is 2.41. The minimum atomic E-state index is -0.527. The molecule has 1 heterocycles. The number of hydrogen-bond donors (Lipinski definition) is 2. The Morgan fingerprint density at radius 1 is 0.885 bits per heavy atom. The number of amides is 2. The summed E-state index contributed by atoms with van der Waals surface area (Å²) in [5.74, 6) is -1.33. The topological polar surface area (TPSA) is 71.1 Å². The third kappa shape index (κ3) is 4.30. The van der Waals surface area contributed by atoms with E-state index in [1.165, 1.54) is 36.5 Å². The SMILES string of the molecule is Cc1ccc(NC(=O)c2ccnc(C(=O)Nc3cccc(F)c3)c2)cc1. The number of nitrogens with one attached hydrogen (secondary N) is 2. The van der Waals surface area contributed by atoms with E-state index in [4.69, 9.17) is 0 Å². The van der Waals surface area contributed by atoms with Crippen molar-refractivity contribution in [1.82, 2.24) is 4.98 Å². The minimum Gasteiger partial charge on any atom is -0.322 e. The highest BCUT2D eigenvalue weighted by molar-refractivity contribution is 6.07. The average molecular weight is 349 g/mol. The van der Waals surface area contributed by atoms with Crippen LogP contribution in [-0.2, 0) is 0 Å². The third-order valence-electron chi connectivity index (χ3n) is 3.65. The predicted molar refractivity (Wildman–Crippen MR) is 97.7 cm³/mol. The quantitative estimate of drug-likeness (QED) is 0.747. The van der Waals surface area contributed by atoms with E-state index in [9.17, 15) is 14.0 Å². The Bertz CT molecular complexity index is 955. The van der Waals surface area contributed by atoms with Crippen molar-refractivity contribution in [2.45, 2.75) is 6.92 Å². The number of carbonyl (C=O) groups is 2. The Kier molecular flexibility index (Phi) is 5.03. The van der Waals surface area contributed by atoms with E-state index in [1.807, 2.05) is 19.1 Å². The minimum absolute atomic E-state index is 0.0609. The molecule has 0 spiro atoms. The molecule has 0 fully saturated rings. The van der Waals surface area contributed by atoms with Crippen molar-refractivity contribution in [3.05, 3.63) is 89.5 Å². The fourth-order valence-corrected chi connectivity index (χ4v) is 2.30. The number of rotatable bonds is 4. The van der Waals surface area contributed by atoms with Gasteiger partial charge in [0.1, 0.15) is 11.5 Å². The highest BCUT2D eigenvalue weighted by Gasteiger charge is 2.12. The van der Waals surface area contributed by atoms with Crippen LogP contribution in [0.5, 0.6) is 0 Å². The van der Waals surface area contributed by atoms with Gasteiger partial charge < -0.3 is 10.6 Å². The van der Waals surface area contributed by atoms with E-state index in [0.717, 1.165) is 5.56 Å². The van der Waals surface area contributed by atoms with E-state index >= 15 is 0 Å². The summed E-state index contributed by atoms with van der Waals surface area (Å²) in [6.07, 6.45) is 1.38. The second-order valence-corrected chi connectivity index (χ2v) is 5.71. The van der Waals surface area contributed by atoms with Gasteiger partial charge in [-0.3, -0.25) is 14.6 Å². The lowest BCUT2D eigenvalue weighted by Crippen LogP contribution is -2.17. The zero-order valence-electron chi connectivity index (χ0n) is 14.0. The number of halogens is 1. The van der Waals surface area contributed by atoms with E-state index < -0.39 is 11.7 Å². The highest BCUT2D eigenvalue weighted by atomic mass is 19.1. The first-order valence-electron chi connectivity index (χ1n) is 7.92. The standard InChI is InChI=1S/C20H16FN3O2/c1-13-5-7-16(8-6-13)23-19(25)14-9-10-22-18(11-14)20(26)24-17-4-2-3-15(21)12-17/h2-12H,1H3,(H,23,25)(H,24,26). The number of aromatic nitrogens is 1. The first-order chi connectivity index (χ1) is 12.5. The summed E-state index contributed by atoms with van der Waals surface area (Å²) < 4.78 is 13.2. The van der Waals surface area contributed by atoms with E-state index in [1.54, 1.807) is 18.2 Å². The zero-order valence-corrected chi connectivity index (χ0v) is 14.0. The van der Waals surface area contributed by atoms with Crippen LogP contribution in [0.1, 0.15) is 26.4 Å². The van der Waals surface area contributed by atoms with Gasteiger partial charge in [0.15, 0.2) is 0 Å². The fourth-order valence-electron chi connectivity index (χ4n) is 2.30. The fraction of sp³-hybridized carbons (Fsp3) is 0.0500. The van der Waals surface area contributed by atoms with Crippen LogP contribution in [0.25, 0.3) is 0 Å². The molecule has 3 rings (SSSR count). The molecule has 0 atom stereocenters. The molecule has 130 valence electrons. The Hall–Kier alpha value is -3.54. The van der Waals surface area contributed by atoms with Crippen molar-refractivity contribution in [3.8, 4) is 0 Å². The van der Waals surface area contributed by atoms with Crippen molar-refractivity contribution < 1.29 is 14.0 Å². The van der Waals surface area contributed by atoms with E-state index in [0.29, 0.717) is 16.9 Å². The third-order valence-corrected chi connectivity index (χ3v) is 3.65. The first-order valence-corrected chi connectivity index (χ1v) is 7.92. The molecule has 2 amide bonds. The maximum Gasteiger partial charge on any atom is 0.274 e. The van der Waals surface area contributed by atoms with Crippen LogP contribution < -0.4 is 10.6 Å². The lowest BCUT2D eigenvalue weighted by molar-refractivity contribution is 0.102. The number of benzene rings is 2. The first kappa shape index (κ1) is 17.3. The molecule has 0 saturated heterocycles. The molecule has 0 aliphatic heterocycles. The van der Waals surface area contributed by atoms with Crippen LogP contribution >= 0.6 is 0 Å². The van der Waals surface area contributed by atoms with Crippen molar-refractivity contribution in [3.63, 3.8) is 0 Å². The Balaban J connectivity index is 1.73. The Morgan fingerprint density at radius 2 is 1.62 bits per heavy atom. The molecule has 5 nitrogen and oxygen atoms in total. The number of pyridine rings is 1. The number of nitrogens with zero attached hydrogens (tertiary/aromatic N) is 1. The summed E-state index contributed by atoms with van der Waals surface area (Å²) in [6, 6.07) is 15.8. The molecular weight excluding hydrogens is 333 g/mol. The smallest absolute Gasteiger partial charge is 0.274 e. The maximum absolute atomic E-state index is 13.2. The second kappa shape index (κ2) is 7.57. The van der Waals surface area contributed by atoms with Crippen molar-refractivity contribution in [1.29, 1.82) is 0 Å². The van der Waals surface area contributed by atoms with Crippen LogP contribution in [0.4, 0.5) is 15.8 Å². The van der Waals surface area contributed by atoms with Crippen LogP contribution in [0.3, 0.4) is 0 Å². The molecule has 0 aliphatic carbocycles. The van der Waals surface area contributed by atoms with Gasteiger partial charge in [-0.1, -0.05) is 23.8 Å². The lowest BCUT2D eigenvalue weighted by atomic mass is 10.2. The molecule has 0 bridgehead atoms. The van der Waals surface area contributed by atoms with Crippen molar-refractivity contribution in [2.24, 2.45) is 0 Å². The molecule has 0 saturated carbocycles. The lowest BCUT2D eigenvalue weighted by Gasteiger charge is -2.08. The number of anilines is 2. The van der Waals surface area contributed by atoms with E-state index in [-0.39, 0.29) is 11.6 Å². The molecule has 2 N–H and O–H groups in total. The molecule has 26 heavy (non-hydrogen) atoms. The molecule has 1 aromatic heterocycles. The van der Waals surface area contributed by atoms with Gasteiger partial charge in [0, 0.05) is 23.1 Å². The van der Waals surface area contributed by atoms with Crippen LogP contribution in [0, 0.1) is 12.7 Å². The summed E-state index contributed by atoms with van der Waals surface area (Å²) in [7, 11) is 0. The van der Waals surface area contributed by atoms with Gasteiger partial charge in [-0.15, -0.1) is 0 Å². The molecule has 0 unspecified atom stereocenters. The normalized spacial score (nSPS) is 10.2. The summed E-state index contributed by atoms with van der Waals surface area (Å²) in [4.78, 5) is 28.6. The van der Waals surface area contributed by atoms with Gasteiger partial charge in [0.2, 0.25) is 0 Å². The predicted octanol–water partition coefficient (Wildman–Crippen LogP) is 4.03. The molecule has 6 heteroatoms. The number of hydrogen-bond acceptors (Lipinski definition) is 3. The second-order valence-electron chi connectivity index (χ2n) is 5.71. The molecule has 3 aromatic rings. The monoisotopic (exact) mass is 349 g/mol. The number of aryl methyl sites for hydroxylation is 1. The Morgan fingerprint density at radius 3 is 2.35 bits per heavy atom. The van der Waals surface area contributed by atoms with Gasteiger partial charge >= 0.3 is 0 Å². The van der Waals surface area contributed by atoms with Crippen molar-refractivity contribution >= 4 is 23.2 Å². The number of carbonyl (C=O) groups excluding carboxylic acids is 2. The van der Waals surface area contributed by atoms with Gasteiger partial charge in [-0.25, -0.2) is 4.39 Å². The van der Waals surface area contributed by atoms with Crippen molar-refractivity contribution in [2.75, 3.05) is 10.6 Å². The summed E-state index contributed by atoms with van der Waals surface area (Å²) >= 11 is 0. The summed E-state index contributed by atoms with van der Waals surface area (Å²) in [5, 5.41) is 5.31. The molecule has 0 radical (unpaired) electrons. The van der Waals surface area contributed by atoms with Crippen LogP contribution in [0.15, 0.2) is 66.9 Å². The maximum atomic E-state index is 13.2. The van der Waals surface area contributed by atoms with Gasteiger partial charge in [-0.05, 0) is 49.4 Å². The average Bonchev–Trinajstić information content (AvgIpc) is 2.64. The summed E-state index contributed by atoms with van der Waals surface area (Å²) in [6.45, 7) is 1.96. The molecule has 2 aromatic carbocycles. The molecular formula is C20H16FN3O2. The molecule has 0 aliphatic rings.